The molecule has 0 radical (unpaired) electrons. The lowest BCUT2D eigenvalue weighted by Crippen LogP contribution is -2.14. The van der Waals surface area contributed by atoms with Crippen LogP contribution < -0.4 is 10.5 Å². The molecule has 0 unspecified atom stereocenters. The Hall–Kier alpha value is -2.46. The van der Waals surface area contributed by atoms with E-state index in [1.54, 1.807) is 6.07 Å². The number of pyridine rings is 1. The number of benzene rings is 2. The number of hydrogen-bond acceptors (Lipinski definition) is 6. The number of nitrogens with one attached hydrogen (secondary N) is 1. The maximum atomic E-state index is 13.2. The summed E-state index contributed by atoms with van der Waals surface area (Å²) in [6.07, 6.45) is 1.52. The maximum Gasteiger partial charge on any atom is 0.263 e. The van der Waals surface area contributed by atoms with Gasteiger partial charge in [0, 0.05) is 11.8 Å². The molecule has 0 aliphatic carbocycles. The third kappa shape index (κ3) is 3.99. The second-order valence-electron chi connectivity index (χ2n) is 5.98. The lowest BCUT2D eigenvalue weighted by molar-refractivity contribution is 0.599. The Morgan fingerprint density at radius 1 is 1.07 bits per heavy atom. The maximum absolute atomic E-state index is 13.2. The summed E-state index contributed by atoms with van der Waals surface area (Å²) in [7, 11) is -4.11. The van der Waals surface area contributed by atoms with Gasteiger partial charge in [-0.15, -0.1) is 0 Å². The third-order valence-corrected chi connectivity index (χ3v) is 7.00. The molecule has 0 saturated carbocycles. The summed E-state index contributed by atoms with van der Waals surface area (Å²) in [5, 5.41) is 0.167. The van der Waals surface area contributed by atoms with Crippen molar-refractivity contribution in [1.82, 2.24) is 9.97 Å². The molecular weight excluding hydrogens is 458 g/mol. The van der Waals surface area contributed by atoms with Gasteiger partial charge in [-0.05, 0) is 42.0 Å². The van der Waals surface area contributed by atoms with Crippen molar-refractivity contribution in [3.63, 3.8) is 0 Å². The minimum absolute atomic E-state index is 0.0429. The average molecular weight is 469 g/mol. The Kier molecular flexibility index (Phi) is 5.07. The van der Waals surface area contributed by atoms with Crippen LogP contribution in [0.3, 0.4) is 0 Å². The lowest BCUT2D eigenvalue weighted by Gasteiger charge is -2.12. The number of hydrogen-bond donors (Lipinski definition) is 2. The molecule has 2 aromatic carbocycles. The van der Waals surface area contributed by atoms with Crippen molar-refractivity contribution >= 4 is 65.6 Å². The van der Waals surface area contributed by atoms with E-state index in [4.69, 9.17) is 28.9 Å². The minimum Gasteiger partial charge on any atom is -0.375 e. The summed E-state index contributed by atoms with van der Waals surface area (Å²) in [6.45, 7) is 0. The molecule has 148 valence electrons. The van der Waals surface area contributed by atoms with Gasteiger partial charge in [-0.1, -0.05) is 40.6 Å². The molecule has 4 aromatic rings. The smallest absolute Gasteiger partial charge is 0.263 e. The van der Waals surface area contributed by atoms with Gasteiger partial charge in [-0.3, -0.25) is 4.72 Å². The van der Waals surface area contributed by atoms with Gasteiger partial charge in [0.15, 0.2) is 10.3 Å². The van der Waals surface area contributed by atoms with Crippen LogP contribution in [0.1, 0.15) is 0 Å². The zero-order chi connectivity index (χ0) is 20.8. The van der Waals surface area contributed by atoms with Crippen molar-refractivity contribution in [2.45, 2.75) is 4.90 Å². The molecule has 3 N–H and O–H groups in total. The van der Waals surface area contributed by atoms with E-state index in [0.717, 1.165) is 34.0 Å². The molecule has 0 fully saturated rings. The van der Waals surface area contributed by atoms with Gasteiger partial charge in [-0.2, -0.15) is 0 Å². The molecule has 4 rings (SSSR count). The van der Waals surface area contributed by atoms with Crippen LogP contribution in [0, 0.1) is 5.82 Å². The summed E-state index contributed by atoms with van der Waals surface area (Å²) >= 11 is 13.3. The number of anilines is 2. The first kappa shape index (κ1) is 19.8. The molecule has 0 spiro atoms. The van der Waals surface area contributed by atoms with Crippen LogP contribution in [-0.2, 0) is 10.0 Å². The molecule has 6 nitrogen and oxygen atoms in total. The fourth-order valence-electron chi connectivity index (χ4n) is 2.69. The zero-order valence-corrected chi connectivity index (χ0v) is 17.5. The molecule has 0 saturated heterocycles. The van der Waals surface area contributed by atoms with E-state index < -0.39 is 15.8 Å². The topological polar surface area (TPSA) is 98.0 Å². The van der Waals surface area contributed by atoms with E-state index in [0.29, 0.717) is 10.7 Å². The largest absolute Gasteiger partial charge is 0.375 e. The second kappa shape index (κ2) is 7.42. The average Bonchev–Trinajstić information content (AvgIpc) is 3.02. The quantitative estimate of drug-likeness (QED) is 0.401. The number of rotatable bonds is 4. The number of nitrogen functional groups attached to an aromatic ring is 1. The monoisotopic (exact) mass is 468 g/mol. The molecule has 29 heavy (non-hydrogen) atoms. The number of aromatic nitrogens is 2. The number of nitrogens with zero attached hydrogens (tertiary/aromatic N) is 2. The van der Waals surface area contributed by atoms with Crippen LogP contribution >= 0.6 is 34.5 Å². The number of sulfonamides is 1. The summed E-state index contributed by atoms with van der Waals surface area (Å²) in [6, 6.07) is 10.1. The molecular formula is C18H11Cl2FN4O2S2. The lowest BCUT2D eigenvalue weighted by atomic mass is 10.1. The molecule has 0 amide bonds. The van der Waals surface area contributed by atoms with Gasteiger partial charge in [0.1, 0.15) is 10.7 Å². The fourth-order valence-corrected chi connectivity index (χ4v) is 5.26. The highest BCUT2D eigenvalue weighted by molar-refractivity contribution is 7.92. The normalized spacial score (nSPS) is 11.7. The summed E-state index contributed by atoms with van der Waals surface area (Å²) < 4.78 is 41.9. The SMILES string of the molecule is Nc1nc2ccc(-c3cnc(Cl)c(NS(=O)(=O)c4ccc(F)cc4Cl)c3)cc2s1. The highest BCUT2D eigenvalue weighted by Gasteiger charge is 2.20. The number of nitrogens with two attached hydrogens (primary N) is 1. The highest BCUT2D eigenvalue weighted by Crippen LogP contribution is 2.33. The summed E-state index contributed by atoms with van der Waals surface area (Å²) in [4.78, 5) is 7.99. The molecule has 2 heterocycles. The molecule has 2 aromatic heterocycles. The molecule has 11 heteroatoms. The molecule has 0 bridgehead atoms. The predicted octanol–water partition coefficient (Wildman–Crippen LogP) is 5.19. The van der Waals surface area contributed by atoms with E-state index in [1.807, 2.05) is 18.2 Å². The van der Waals surface area contributed by atoms with Gasteiger partial charge in [0.25, 0.3) is 10.0 Å². The van der Waals surface area contributed by atoms with Crippen molar-refractivity contribution in [3.8, 4) is 11.1 Å². The Balaban J connectivity index is 1.72. The number of halogens is 3. The molecule has 0 atom stereocenters. The van der Waals surface area contributed by atoms with Crippen LogP contribution in [0.25, 0.3) is 21.3 Å². The van der Waals surface area contributed by atoms with Gasteiger partial charge in [0.05, 0.1) is 20.9 Å². The first-order chi connectivity index (χ1) is 13.7. The van der Waals surface area contributed by atoms with E-state index in [2.05, 4.69) is 14.7 Å². The Morgan fingerprint density at radius 3 is 2.62 bits per heavy atom. The van der Waals surface area contributed by atoms with Crippen molar-refractivity contribution < 1.29 is 12.8 Å². The molecule has 0 aliphatic heterocycles. The standard InChI is InChI=1S/C18H11Cl2FN4O2S2/c19-12-7-11(21)2-4-16(12)29(26,27)25-14-5-10(8-23-17(14)20)9-1-3-13-15(6-9)28-18(22)24-13/h1-8,25H,(H2,22,24). The van der Waals surface area contributed by atoms with Crippen LogP contribution in [0.4, 0.5) is 15.2 Å². The first-order valence-electron chi connectivity index (χ1n) is 8.03. The van der Waals surface area contributed by atoms with Gasteiger partial charge >= 0.3 is 0 Å². The van der Waals surface area contributed by atoms with Gasteiger partial charge < -0.3 is 5.73 Å². The highest BCUT2D eigenvalue weighted by atomic mass is 35.5. The number of thiazole rings is 1. The predicted molar refractivity (Wildman–Crippen MR) is 114 cm³/mol. The second-order valence-corrected chi connectivity index (χ2v) is 9.46. The summed E-state index contributed by atoms with van der Waals surface area (Å²) in [5.41, 5.74) is 7.98. The van der Waals surface area contributed by atoms with Crippen LogP contribution in [-0.4, -0.2) is 18.4 Å². The number of fused-ring (bicyclic) bond motifs is 1. The fraction of sp³-hybridized carbons (Fsp3) is 0. The van der Waals surface area contributed by atoms with E-state index in [1.165, 1.54) is 17.5 Å². The Labute approximate surface area is 179 Å². The Morgan fingerprint density at radius 2 is 1.86 bits per heavy atom. The van der Waals surface area contributed by atoms with Crippen LogP contribution in [0.15, 0.2) is 53.6 Å². The van der Waals surface area contributed by atoms with E-state index >= 15 is 0 Å². The van der Waals surface area contributed by atoms with E-state index in [-0.39, 0.29) is 20.8 Å². The van der Waals surface area contributed by atoms with Crippen LogP contribution in [0.2, 0.25) is 10.2 Å². The van der Waals surface area contributed by atoms with Gasteiger partial charge in [0.2, 0.25) is 0 Å². The third-order valence-electron chi connectivity index (χ3n) is 4.01. The van der Waals surface area contributed by atoms with Crippen molar-refractivity contribution in [3.05, 3.63) is 64.7 Å². The van der Waals surface area contributed by atoms with E-state index in [9.17, 15) is 12.8 Å². The van der Waals surface area contributed by atoms with Crippen molar-refractivity contribution in [2.24, 2.45) is 0 Å². The van der Waals surface area contributed by atoms with Crippen molar-refractivity contribution in [1.29, 1.82) is 0 Å². The summed E-state index contributed by atoms with van der Waals surface area (Å²) in [5.74, 6) is -0.644. The minimum atomic E-state index is -4.11. The van der Waals surface area contributed by atoms with Gasteiger partial charge in [-0.25, -0.2) is 22.8 Å². The van der Waals surface area contributed by atoms with Crippen molar-refractivity contribution in [2.75, 3.05) is 10.5 Å². The first-order valence-corrected chi connectivity index (χ1v) is 11.1. The zero-order valence-electron chi connectivity index (χ0n) is 14.4. The Bertz CT molecular complexity index is 1360. The van der Waals surface area contributed by atoms with Crippen LogP contribution in [0.5, 0.6) is 0 Å². The molecule has 0 aliphatic rings.